The topological polar surface area (TPSA) is 228 Å². The maximum Gasteiger partial charge on any atom is 0.220 e. The van der Waals surface area contributed by atoms with Crippen molar-refractivity contribution in [2.24, 2.45) is 0 Å². The van der Waals surface area contributed by atoms with Gasteiger partial charge >= 0.3 is 0 Å². The Hall–Kier alpha value is -1.53. The molecule has 0 saturated carbocycles. The molecule has 2 rings (SSSR count). The number of aliphatic hydroxyl groups is 8. The zero-order valence-electron chi connectivity index (χ0n) is 54.6. The lowest BCUT2D eigenvalue weighted by molar-refractivity contribution is -0.359. The normalized spacial score (nSPS) is 23.6. The fourth-order valence-corrected chi connectivity index (χ4v) is 12.1. The van der Waals surface area contributed by atoms with E-state index in [9.17, 15) is 45.6 Å². The monoisotopic (exact) mass is 1210 g/mol. The number of rotatable bonds is 60. The van der Waals surface area contributed by atoms with Gasteiger partial charge in [0.2, 0.25) is 5.91 Å². The van der Waals surface area contributed by atoms with E-state index in [0.717, 1.165) is 38.5 Å². The second kappa shape index (κ2) is 56.5. The number of hydrogen-bond acceptors (Lipinski definition) is 13. The van der Waals surface area contributed by atoms with Crippen molar-refractivity contribution in [2.45, 2.75) is 402 Å². The molecule has 2 aliphatic heterocycles. The third-order valence-corrected chi connectivity index (χ3v) is 17.9. The number of ether oxygens (including phenoxy) is 4. The van der Waals surface area contributed by atoms with Crippen LogP contribution in [0.25, 0.3) is 0 Å². The molecule has 2 fully saturated rings. The van der Waals surface area contributed by atoms with Gasteiger partial charge in [0.15, 0.2) is 12.6 Å². The van der Waals surface area contributed by atoms with Crippen LogP contribution >= 0.6 is 0 Å². The smallest absolute Gasteiger partial charge is 0.220 e. The molecule has 0 bridgehead atoms. The molecule has 2 saturated heterocycles. The number of amides is 1. The summed E-state index contributed by atoms with van der Waals surface area (Å²) in [6.07, 6.45) is 53.8. The lowest BCUT2D eigenvalue weighted by atomic mass is 9.97. The molecule has 0 spiro atoms. The van der Waals surface area contributed by atoms with Crippen LogP contribution in [-0.2, 0) is 23.7 Å². The summed E-state index contributed by atoms with van der Waals surface area (Å²) in [5.41, 5.74) is 0. The summed E-state index contributed by atoms with van der Waals surface area (Å²) in [6, 6.07) is -0.915. The Balaban J connectivity index is 1.67. The van der Waals surface area contributed by atoms with Gasteiger partial charge in [-0.1, -0.05) is 301 Å². The van der Waals surface area contributed by atoms with E-state index in [0.29, 0.717) is 6.42 Å². The molecule has 0 aromatic carbocycles. The van der Waals surface area contributed by atoms with Crippen LogP contribution in [0.15, 0.2) is 24.3 Å². The average Bonchev–Trinajstić information content (AvgIpc) is 3.68. The van der Waals surface area contributed by atoms with Crippen molar-refractivity contribution in [2.75, 3.05) is 19.8 Å². The molecule has 0 aromatic heterocycles. The highest BCUT2D eigenvalue weighted by molar-refractivity contribution is 5.76. The van der Waals surface area contributed by atoms with Crippen LogP contribution in [0.1, 0.15) is 328 Å². The predicted molar refractivity (Wildman–Crippen MR) is 346 cm³/mol. The maximum absolute atomic E-state index is 13.3. The number of allylic oxidation sites excluding steroid dienone is 3. The Morgan fingerprint density at radius 1 is 0.412 bits per heavy atom. The van der Waals surface area contributed by atoms with Crippen molar-refractivity contribution in [3.63, 3.8) is 0 Å². The van der Waals surface area contributed by atoms with E-state index in [1.165, 1.54) is 263 Å². The summed E-state index contributed by atoms with van der Waals surface area (Å²) in [4.78, 5) is 13.3. The Bertz CT molecular complexity index is 1520. The molecular weight excluding hydrogens is 1070 g/mol. The van der Waals surface area contributed by atoms with Crippen LogP contribution in [0.3, 0.4) is 0 Å². The molecule has 0 radical (unpaired) electrons. The minimum atomic E-state index is -1.79. The molecule has 14 nitrogen and oxygen atoms in total. The number of unbranched alkanes of at least 4 members (excludes halogenated alkanes) is 45. The third-order valence-electron chi connectivity index (χ3n) is 17.9. The fraction of sp³-hybridized carbons (Fsp3) is 0.930. The first-order chi connectivity index (χ1) is 41.6. The van der Waals surface area contributed by atoms with Crippen molar-refractivity contribution in [3.8, 4) is 0 Å². The molecule has 0 aromatic rings. The highest BCUT2D eigenvalue weighted by Gasteiger charge is 2.51. The van der Waals surface area contributed by atoms with Gasteiger partial charge in [-0.2, -0.15) is 0 Å². The van der Waals surface area contributed by atoms with Crippen molar-refractivity contribution in [3.05, 3.63) is 24.3 Å². The van der Waals surface area contributed by atoms with Crippen LogP contribution < -0.4 is 5.32 Å². The Morgan fingerprint density at radius 2 is 0.741 bits per heavy atom. The summed E-state index contributed by atoms with van der Waals surface area (Å²) < 4.78 is 22.9. The number of aliphatic hydroxyl groups excluding tert-OH is 8. The number of nitrogens with one attached hydrogen (secondary N) is 1. The van der Waals surface area contributed by atoms with Gasteiger partial charge in [-0.25, -0.2) is 0 Å². The SMILES string of the molecule is CCCCCCCCCC/C=C\CCCCCCCCCCCCCC(=O)NC(COC1OC(CO)C(OC2OC(CO)C(O)C(O)C2O)C(O)C1O)C(O)/C=C/CCCCCCCCCCCCCCCCCCCCCCCCCCCC. The molecule has 502 valence electrons. The zero-order chi connectivity index (χ0) is 61.6. The van der Waals surface area contributed by atoms with Gasteiger partial charge in [-0.05, 0) is 44.9 Å². The molecule has 12 unspecified atom stereocenters. The van der Waals surface area contributed by atoms with Crippen LogP contribution in [0.4, 0.5) is 0 Å². The van der Waals surface area contributed by atoms with E-state index in [1.54, 1.807) is 6.08 Å². The summed E-state index contributed by atoms with van der Waals surface area (Å²) in [5.74, 6) is -0.234. The molecular formula is C71H135NO13. The van der Waals surface area contributed by atoms with Crippen molar-refractivity contribution >= 4 is 5.91 Å². The van der Waals surface area contributed by atoms with Gasteiger partial charge in [0.25, 0.3) is 0 Å². The highest BCUT2D eigenvalue weighted by Crippen LogP contribution is 2.30. The van der Waals surface area contributed by atoms with Gasteiger partial charge in [0.05, 0.1) is 32.0 Å². The maximum atomic E-state index is 13.3. The number of hydrogen-bond donors (Lipinski definition) is 9. The minimum absolute atomic E-state index is 0.234. The second-order valence-electron chi connectivity index (χ2n) is 25.7. The Morgan fingerprint density at radius 3 is 1.12 bits per heavy atom. The lowest BCUT2D eigenvalue weighted by Crippen LogP contribution is -2.65. The fourth-order valence-electron chi connectivity index (χ4n) is 12.1. The third kappa shape index (κ3) is 40.8. The molecule has 1 amide bonds. The first-order valence-electron chi connectivity index (χ1n) is 36.1. The number of carbonyl (C=O) groups excluding carboxylic acids is 1. The molecule has 85 heavy (non-hydrogen) atoms. The quantitative estimate of drug-likeness (QED) is 0.0204. The predicted octanol–water partition coefficient (Wildman–Crippen LogP) is 14.7. The van der Waals surface area contributed by atoms with E-state index in [-0.39, 0.29) is 18.9 Å². The lowest BCUT2D eigenvalue weighted by Gasteiger charge is -2.46. The molecule has 14 heteroatoms. The molecule has 2 heterocycles. The van der Waals surface area contributed by atoms with Crippen molar-refractivity contribution < 1.29 is 64.6 Å². The Labute approximate surface area is 519 Å². The Kier molecular flexibility index (Phi) is 52.8. The molecule has 0 aliphatic carbocycles. The van der Waals surface area contributed by atoms with E-state index >= 15 is 0 Å². The van der Waals surface area contributed by atoms with E-state index in [4.69, 9.17) is 18.9 Å². The van der Waals surface area contributed by atoms with E-state index in [1.807, 2.05) is 6.08 Å². The van der Waals surface area contributed by atoms with E-state index in [2.05, 4.69) is 31.3 Å². The molecule has 9 N–H and O–H groups in total. The molecule has 2 aliphatic rings. The van der Waals surface area contributed by atoms with E-state index < -0.39 is 86.8 Å². The second-order valence-corrected chi connectivity index (χ2v) is 25.7. The summed E-state index contributed by atoms with van der Waals surface area (Å²) in [7, 11) is 0. The van der Waals surface area contributed by atoms with Crippen LogP contribution in [0.5, 0.6) is 0 Å². The van der Waals surface area contributed by atoms with Crippen LogP contribution in [0, 0.1) is 0 Å². The van der Waals surface area contributed by atoms with Crippen LogP contribution in [0.2, 0.25) is 0 Å². The largest absolute Gasteiger partial charge is 0.394 e. The summed E-state index contributed by atoms with van der Waals surface area (Å²) in [6.45, 7) is 2.85. The first-order valence-corrected chi connectivity index (χ1v) is 36.1. The average molecular weight is 1210 g/mol. The van der Waals surface area contributed by atoms with Gasteiger partial charge < -0.3 is 65.1 Å². The van der Waals surface area contributed by atoms with Gasteiger partial charge in [-0.15, -0.1) is 0 Å². The van der Waals surface area contributed by atoms with Crippen LogP contribution in [-0.4, -0.2) is 140 Å². The van der Waals surface area contributed by atoms with Gasteiger partial charge in [0.1, 0.15) is 48.8 Å². The highest BCUT2D eigenvalue weighted by atomic mass is 16.7. The van der Waals surface area contributed by atoms with Gasteiger partial charge in [0, 0.05) is 6.42 Å². The number of carbonyl (C=O) groups is 1. The summed E-state index contributed by atoms with van der Waals surface area (Å²) in [5, 5.41) is 87.5. The van der Waals surface area contributed by atoms with Crippen molar-refractivity contribution in [1.29, 1.82) is 0 Å². The standard InChI is InChI=1S/C71H135NO13/c1-3-5-7-9-11-13-15-17-19-21-23-25-27-28-29-30-31-33-34-36-38-40-42-44-46-48-50-52-54-60(75)59(58-82-70-68(81)66(79)69(62(57-74)84-70)85-71-67(80)65(78)64(77)61(56-73)83-71)72-63(76)55-53-51-49-47-45-43-41-39-37-35-32-26-24-22-20-18-16-14-12-10-8-6-4-2/h22,24,52,54,59-62,64-71,73-75,77-81H,3-21,23,25-51,53,55-58H2,1-2H3,(H,72,76)/b24-22-,54-52+. The van der Waals surface area contributed by atoms with Gasteiger partial charge in [-0.3, -0.25) is 4.79 Å². The zero-order valence-corrected chi connectivity index (χ0v) is 54.6. The molecule has 12 atom stereocenters. The first kappa shape index (κ1) is 79.6. The summed E-state index contributed by atoms with van der Waals surface area (Å²) >= 11 is 0. The van der Waals surface area contributed by atoms with Crippen molar-refractivity contribution in [1.82, 2.24) is 5.32 Å². The minimum Gasteiger partial charge on any atom is -0.394 e.